The van der Waals surface area contributed by atoms with Crippen molar-refractivity contribution < 1.29 is 14.3 Å². The van der Waals surface area contributed by atoms with Crippen LogP contribution in [0.5, 0.6) is 11.5 Å². The lowest BCUT2D eigenvalue weighted by atomic mass is 10.2. The number of hydrogen-bond acceptors (Lipinski definition) is 7. The van der Waals surface area contributed by atoms with Crippen molar-refractivity contribution in [2.24, 2.45) is 0 Å². The minimum absolute atomic E-state index is 0.143. The standard InChI is InChI=1S/C22H22ClN5O3S/c23-15-4-3-5-17(12-15)28-21(27-8-1-2-9-27)25-26-22(28)32-14-20(29)24-16-6-7-18-19(13-16)31-11-10-30-18/h3-7,12-13H,1-2,8-11,14H2,(H,24,29). The van der Waals surface area contributed by atoms with Crippen LogP contribution in [0.15, 0.2) is 47.6 Å². The normalized spacial score (nSPS) is 15.1. The molecule has 5 rings (SSSR count). The van der Waals surface area contributed by atoms with Crippen molar-refractivity contribution in [1.29, 1.82) is 0 Å². The first-order valence-corrected chi connectivity index (χ1v) is 11.8. The van der Waals surface area contributed by atoms with Gasteiger partial charge in [0.1, 0.15) is 13.2 Å². The molecule has 0 unspecified atom stereocenters. The van der Waals surface area contributed by atoms with Gasteiger partial charge in [0.05, 0.1) is 11.4 Å². The molecule has 1 fully saturated rings. The SMILES string of the molecule is O=C(CSc1nnc(N2CCCC2)n1-c1cccc(Cl)c1)Nc1ccc2c(c1)OCCO2. The van der Waals surface area contributed by atoms with Crippen molar-refractivity contribution in [2.45, 2.75) is 18.0 Å². The number of nitrogens with zero attached hydrogens (tertiary/aromatic N) is 4. The average Bonchev–Trinajstić information content (AvgIpc) is 3.47. The quantitative estimate of drug-likeness (QED) is 0.543. The van der Waals surface area contributed by atoms with Crippen molar-refractivity contribution in [3.05, 3.63) is 47.5 Å². The summed E-state index contributed by atoms with van der Waals surface area (Å²) in [5, 5.41) is 13.0. The Bertz CT molecular complexity index is 1130. The summed E-state index contributed by atoms with van der Waals surface area (Å²) in [5.74, 6) is 2.15. The zero-order valence-electron chi connectivity index (χ0n) is 17.3. The lowest BCUT2D eigenvalue weighted by molar-refractivity contribution is -0.113. The van der Waals surface area contributed by atoms with Crippen LogP contribution in [0.25, 0.3) is 5.69 Å². The van der Waals surface area contributed by atoms with Gasteiger partial charge in [-0.1, -0.05) is 29.4 Å². The predicted molar refractivity (Wildman–Crippen MR) is 125 cm³/mol. The van der Waals surface area contributed by atoms with Crippen LogP contribution in [0.3, 0.4) is 0 Å². The van der Waals surface area contributed by atoms with Gasteiger partial charge in [-0.2, -0.15) is 0 Å². The Morgan fingerprint density at radius 1 is 1.06 bits per heavy atom. The van der Waals surface area contributed by atoms with Crippen LogP contribution in [0.2, 0.25) is 5.02 Å². The largest absolute Gasteiger partial charge is 0.486 e. The van der Waals surface area contributed by atoms with Gasteiger partial charge >= 0.3 is 0 Å². The van der Waals surface area contributed by atoms with Crippen LogP contribution < -0.4 is 19.7 Å². The van der Waals surface area contributed by atoms with E-state index in [-0.39, 0.29) is 11.7 Å². The highest BCUT2D eigenvalue weighted by Crippen LogP contribution is 2.33. The molecule has 0 aliphatic carbocycles. The highest BCUT2D eigenvalue weighted by Gasteiger charge is 2.23. The first-order chi connectivity index (χ1) is 15.7. The maximum Gasteiger partial charge on any atom is 0.234 e. The highest BCUT2D eigenvalue weighted by atomic mass is 35.5. The van der Waals surface area contributed by atoms with E-state index in [2.05, 4.69) is 20.4 Å². The minimum atomic E-state index is -0.143. The second-order valence-corrected chi connectivity index (χ2v) is 8.87. The van der Waals surface area contributed by atoms with Crippen LogP contribution in [0.4, 0.5) is 11.6 Å². The Kier molecular flexibility index (Phi) is 6.09. The Balaban J connectivity index is 1.32. The van der Waals surface area contributed by atoms with E-state index in [4.69, 9.17) is 21.1 Å². The smallest absolute Gasteiger partial charge is 0.234 e. The van der Waals surface area contributed by atoms with E-state index in [1.54, 1.807) is 18.2 Å². The average molecular weight is 472 g/mol. The number of anilines is 2. The summed E-state index contributed by atoms with van der Waals surface area (Å²) in [7, 11) is 0. The molecule has 1 aromatic heterocycles. The topological polar surface area (TPSA) is 81.5 Å². The fourth-order valence-electron chi connectivity index (χ4n) is 3.77. The molecule has 3 aromatic rings. The number of fused-ring (bicyclic) bond motifs is 1. The molecule has 1 amide bonds. The lowest BCUT2D eigenvalue weighted by Gasteiger charge is -2.19. The van der Waals surface area contributed by atoms with Crippen molar-refractivity contribution in [3.8, 4) is 17.2 Å². The molecule has 3 heterocycles. The summed E-state index contributed by atoms with van der Waals surface area (Å²) in [6.07, 6.45) is 2.26. The van der Waals surface area contributed by atoms with Gasteiger partial charge < -0.3 is 19.7 Å². The molecular formula is C22H22ClN5O3S. The van der Waals surface area contributed by atoms with Crippen LogP contribution in [0.1, 0.15) is 12.8 Å². The van der Waals surface area contributed by atoms with E-state index in [1.807, 2.05) is 28.8 Å². The van der Waals surface area contributed by atoms with E-state index >= 15 is 0 Å². The van der Waals surface area contributed by atoms with Crippen molar-refractivity contribution in [3.63, 3.8) is 0 Å². The van der Waals surface area contributed by atoms with Gasteiger partial charge in [-0.05, 0) is 43.2 Å². The zero-order chi connectivity index (χ0) is 21.9. The molecule has 1 saturated heterocycles. The number of carbonyl (C=O) groups excluding carboxylic acids is 1. The van der Waals surface area contributed by atoms with Crippen LogP contribution in [0, 0.1) is 0 Å². The number of nitrogens with one attached hydrogen (secondary N) is 1. The molecule has 0 saturated carbocycles. The Morgan fingerprint density at radius 2 is 1.88 bits per heavy atom. The molecule has 2 aliphatic rings. The summed E-state index contributed by atoms with van der Waals surface area (Å²) in [5.41, 5.74) is 1.54. The van der Waals surface area contributed by atoms with Gasteiger partial charge in [0.25, 0.3) is 0 Å². The Labute approximate surface area is 194 Å². The van der Waals surface area contributed by atoms with Crippen molar-refractivity contribution in [1.82, 2.24) is 14.8 Å². The molecule has 166 valence electrons. The first kappa shape index (κ1) is 21.0. The first-order valence-electron chi connectivity index (χ1n) is 10.5. The third kappa shape index (κ3) is 4.49. The summed E-state index contributed by atoms with van der Waals surface area (Å²) in [6, 6.07) is 13.0. The minimum Gasteiger partial charge on any atom is -0.486 e. The Hall–Kier alpha value is -2.91. The van der Waals surface area contributed by atoms with Crippen LogP contribution in [-0.2, 0) is 4.79 Å². The summed E-state index contributed by atoms with van der Waals surface area (Å²) in [4.78, 5) is 14.8. The fraction of sp³-hybridized carbons (Fsp3) is 0.318. The number of amides is 1. The van der Waals surface area contributed by atoms with E-state index in [1.165, 1.54) is 11.8 Å². The maximum absolute atomic E-state index is 12.6. The van der Waals surface area contributed by atoms with Crippen molar-refractivity contribution >= 4 is 40.9 Å². The van der Waals surface area contributed by atoms with Gasteiger partial charge in [-0.3, -0.25) is 9.36 Å². The van der Waals surface area contributed by atoms with Gasteiger partial charge in [0, 0.05) is 29.9 Å². The molecule has 32 heavy (non-hydrogen) atoms. The number of rotatable bonds is 6. The number of hydrogen-bond donors (Lipinski definition) is 1. The lowest BCUT2D eigenvalue weighted by Crippen LogP contribution is -2.22. The predicted octanol–water partition coefficient (Wildman–Crippen LogP) is 4.02. The molecule has 0 spiro atoms. The second kappa shape index (κ2) is 9.30. The number of carbonyl (C=O) groups is 1. The molecule has 8 nitrogen and oxygen atoms in total. The number of halogens is 1. The van der Waals surface area contributed by atoms with Gasteiger partial charge in [0.2, 0.25) is 11.9 Å². The second-order valence-electron chi connectivity index (χ2n) is 7.49. The molecule has 0 bridgehead atoms. The molecule has 2 aliphatic heterocycles. The molecule has 10 heteroatoms. The maximum atomic E-state index is 12.6. The summed E-state index contributed by atoms with van der Waals surface area (Å²) >= 11 is 7.57. The third-order valence-corrected chi connectivity index (χ3v) is 6.39. The van der Waals surface area contributed by atoms with Gasteiger partial charge in [-0.15, -0.1) is 10.2 Å². The molecule has 1 N–H and O–H groups in total. The zero-order valence-corrected chi connectivity index (χ0v) is 18.9. The monoisotopic (exact) mass is 471 g/mol. The van der Waals surface area contributed by atoms with Crippen LogP contribution in [-0.4, -0.2) is 52.7 Å². The number of benzene rings is 2. The molecule has 0 atom stereocenters. The molecular weight excluding hydrogens is 450 g/mol. The van der Waals surface area contributed by atoms with E-state index in [9.17, 15) is 4.79 Å². The third-order valence-electron chi connectivity index (χ3n) is 5.23. The highest BCUT2D eigenvalue weighted by molar-refractivity contribution is 7.99. The summed E-state index contributed by atoms with van der Waals surface area (Å²) in [6.45, 7) is 2.91. The molecule has 2 aromatic carbocycles. The van der Waals surface area contributed by atoms with E-state index in [0.29, 0.717) is 40.6 Å². The summed E-state index contributed by atoms with van der Waals surface area (Å²) < 4.78 is 13.1. The Morgan fingerprint density at radius 3 is 2.69 bits per heavy atom. The van der Waals surface area contributed by atoms with Gasteiger partial charge in [0.15, 0.2) is 16.7 Å². The van der Waals surface area contributed by atoms with E-state index in [0.717, 1.165) is 37.6 Å². The number of thioether (sulfide) groups is 1. The number of ether oxygens (including phenoxy) is 2. The fourth-order valence-corrected chi connectivity index (χ4v) is 4.70. The van der Waals surface area contributed by atoms with Crippen molar-refractivity contribution in [2.75, 3.05) is 42.3 Å². The number of aromatic nitrogens is 3. The van der Waals surface area contributed by atoms with E-state index < -0.39 is 0 Å². The van der Waals surface area contributed by atoms with Gasteiger partial charge in [-0.25, -0.2) is 0 Å². The van der Waals surface area contributed by atoms with Crippen LogP contribution >= 0.6 is 23.4 Å². The molecule has 0 radical (unpaired) electrons.